The number of hydrogen-bond acceptors (Lipinski definition) is 4. The summed E-state index contributed by atoms with van der Waals surface area (Å²) in [5.41, 5.74) is 0. The Morgan fingerprint density at radius 2 is 1.60 bits per heavy atom. The Morgan fingerprint density at radius 3 is 2.20 bits per heavy atom. The highest BCUT2D eigenvalue weighted by Crippen LogP contribution is 2.23. The van der Waals surface area contributed by atoms with Gasteiger partial charge in [0.2, 0.25) is 9.84 Å². The Morgan fingerprint density at radius 1 is 1.00 bits per heavy atom. The summed E-state index contributed by atoms with van der Waals surface area (Å²) in [6.45, 7) is 1.24. The Balaban J connectivity index is 1.79. The topological polar surface area (TPSA) is 55.9 Å². The summed E-state index contributed by atoms with van der Waals surface area (Å²) in [7, 11) is -3.45. The lowest BCUT2D eigenvalue weighted by atomic mass is 10.3. The molecule has 0 aliphatic carbocycles. The van der Waals surface area contributed by atoms with Gasteiger partial charge in [-0.1, -0.05) is 18.2 Å². The molecule has 1 saturated heterocycles. The van der Waals surface area contributed by atoms with Crippen LogP contribution in [-0.4, -0.2) is 27.7 Å². The Hall–Kier alpha value is -1.85. The third kappa shape index (κ3) is 2.84. The first kappa shape index (κ1) is 13.1. The van der Waals surface area contributed by atoms with E-state index in [0.29, 0.717) is 17.3 Å². The summed E-state index contributed by atoms with van der Waals surface area (Å²) in [4.78, 5) is 0.554. The van der Waals surface area contributed by atoms with E-state index in [4.69, 9.17) is 9.47 Å². The normalized spacial score (nSPS) is 17.7. The summed E-state index contributed by atoms with van der Waals surface area (Å²) in [6.07, 6.45) is 0.183. The molecule has 0 radical (unpaired) electrons. The molecule has 0 N–H and O–H groups in total. The molecule has 1 aliphatic heterocycles. The van der Waals surface area contributed by atoms with E-state index in [9.17, 15) is 8.42 Å². The molecule has 1 unspecified atom stereocenters. The van der Waals surface area contributed by atoms with E-state index in [1.807, 2.05) is 0 Å². The van der Waals surface area contributed by atoms with Crippen LogP contribution in [0.3, 0.4) is 0 Å². The average molecular weight is 290 g/mol. The van der Waals surface area contributed by atoms with E-state index in [1.54, 1.807) is 54.6 Å². The molecule has 0 spiro atoms. The number of ether oxygens (including phenoxy) is 2. The third-order valence-electron chi connectivity index (χ3n) is 3.03. The van der Waals surface area contributed by atoms with Crippen LogP contribution < -0.4 is 4.74 Å². The van der Waals surface area contributed by atoms with Crippen molar-refractivity contribution in [2.75, 3.05) is 13.2 Å². The Kier molecular flexibility index (Phi) is 3.46. The fourth-order valence-corrected chi connectivity index (χ4v) is 3.09. The van der Waals surface area contributed by atoms with Crippen molar-refractivity contribution >= 4 is 9.84 Å². The molecule has 1 fully saturated rings. The third-order valence-corrected chi connectivity index (χ3v) is 4.81. The molecule has 0 bridgehead atoms. The van der Waals surface area contributed by atoms with Crippen LogP contribution in [-0.2, 0) is 14.6 Å². The van der Waals surface area contributed by atoms with E-state index in [2.05, 4.69) is 0 Å². The van der Waals surface area contributed by atoms with E-state index in [1.165, 1.54) is 0 Å². The fraction of sp³-hybridized carbons (Fsp3) is 0.200. The molecular formula is C15H14O4S. The van der Waals surface area contributed by atoms with Gasteiger partial charge in [0.15, 0.2) is 0 Å². The molecule has 0 aromatic heterocycles. The van der Waals surface area contributed by atoms with Crippen LogP contribution in [0, 0.1) is 0 Å². The van der Waals surface area contributed by atoms with E-state index in [0.717, 1.165) is 6.61 Å². The number of benzene rings is 2. The minimum atomic E-state index is -3.45. The van der Waals surface area contributed by atoms with E-state index >= 15 is 0 Å². The van der Waals surface area contributed by atoms with Gasteiger partial charge in [0.1, 0.15) is 18.5 Å². The van der Waals surface area contributed by atoms with Crippen molar-refractivity contribution in [3.63, 3.8) is 0 Å². The lowest BCUT2D eigenvalue weighted by Crippen LogP contribution is -2.05. The minimum absolute atomic E-state index is 0.183. The van der Waals surface area contributed by atoms with Gasteiger partial charge in [-0.05, 0) is 36.4 Å². The minimum Gasteiger partial charge on any atom is -0.491 e. The number of sulfone groups is 1. The Labute approximate surface area is 117 Å². The van der Waals surface area contributed by atoms with Crippen molar-refractivity contribution in [2.45, 2.75) is 15.9 Å². The predicted octanol–water partition coefficient (Wildman–Crippen LogP) is 2.30. The van der Waals surface area contributed by atoms with Crippen molar-refractivity contribution in [1.82, 2.24) is 0 Å². The maximum atomic E-state index is 12.4. The van der Waals surface area contributed by atoms with Gasteiger partial charge < -0.3 is 9.47 Å². The van der Waals surface area contributed by atoms with Crippen molar-refractivity contribution in [2.24, 2.45) is 0 Å². The zero-order valence-corrected chi connectivity index (χ0v) is 11.5. The van der Waals surface area contributed by atoms with Crippen LogP contribution in [0.1, 0.15) is 0 Å². The first-order valence-electron chi connectivity index (χ1n) is 6.31. The molecule has 1 aliphatic rings. The van der Waals surface area contributed by atoms with Gasteiger partial charge in [-0.2, -0.15) is 0 Å². The number of hydrogen-bond donors (Lipinski definition) is 0. The quantitative estimate of drug-likeness (QED) is 0.793. The van der Waals surface area contributed by atoms with E-state index in [-0.39, 0.29) is 11.0 Å². The molecule has 1 heterocycles. The van der Waals surface area contributed by atoms with Gasteiger partial charge in [-0.3, -0.25) is 0 Å². The zero-order valence-electron chi connectivity index (χ0n) is 10.7. The second-order valence-electron chi connectivity index (χ2n) is 4.55. The van der Waals surface area contributed by atoms with Crippen LogP contribution in [0.5, 0.6) is 5.75 Å². The van der Waals surface area contributed by atoms with Crippen molar-refractivity contribution in [3.05, 3.63) is 54.6 Å². The molecule has 5 heteroatoms. The van der Waals surface area contributed by atoms with Crippen molar-refractivity contribution in [3.8, 4) is 5.75 Å². The predicted molar refractivity (Wildman–Crippen MR) is 73.6 cm³/mol. The monoisotopic (exact) mass is 290 g/mol. The summed E-state index contributed by atoms with van der Waals surface area (Å²) >= 11 is 0. The van der Waals surface area contributed by atoms with Crippen LogP contribution >= 0.6 is 0 Å². The summed E-state index contributed by atoms with van der Waals surface area (Å²) in [6, 6.07) is 14.8. The highest BCUT2D eigenvalue weighted by molar-refractivity contribution is 7.91. The van der Waals surface area contributed by atoms with Gasteiger partial charge in [0.25, 0.3) is 0 Å². The van der Waals surface area contributed by atoms with Crippen molar-refractivity contribution < 1.29 is 17.9 Å². The highest BCUT2D eigenvalue weighted by Gasteiger charge is 2.23. The maximum Gasteiger partial charge on any atom is 0.206 e. The lowest BCUT2D eigenvalue weighted by molar-refractivity contribution is 0.263. The molecule has 0 amide bonds. The first-order chi connectivity index (χ1) is 9.66. The largest absolute Gasteiger partial charge is 0.491 e. The SMILES string of the molecule is O=S(=O)(c1ccccc1)c1ccc(OCC2CO2)cc1. The molecule has 4 nitrogen and oxygen atoms in total. The molecule has 3 rings (SSSR count). The van der Waals surface area contributed by atoms with Crippen molar-refractivity contribution in [1.29, 1.82) is 0 Å². The lowest BCUT2D eigenvalue weighted by Gasteiger charge is -2.07. The summed E-state index contributed by atoms with van der Waals surface area (Å²) in [5, 5.41) is 0. The van der Waals surface area contributed by atoms with Gasteiger partial charge in [-0.25, -0.2) is 8.42 Å². The Bertz CT molecular complexity index is 674. The smallest absolute Gasteiger partial charge is 0.206 e. The van der Waals surface area contributed by atoms with E-state index < -0.39 is 9.84 Å². The first-order valence-corrected chi connectivity index (χ1v) is 7.79. The second kappa shape index (κ2) is 5.26. The number of rotatable bonds is 5. The molecule has 2 aromatic rings. The fourth-order valence-electron chi connectivity index (χ4n) is 1.80. The van der Waals surface area contributed by atoms with Gasteiger partial charge in [0, 0.05) is 0 Å². The molecule has 1 atom stereocenters. The second-order valence-corrected chi connectivity index (χ2v) is 6.50. The van der Waals surface area contributed by atoms with Gasteiger partial charge in [-0.15, -0.1) is 0 Å². The van der Waals surface area contributed by atoms with Gasteiger partial charge in [0.05, 0.1) is 16.4 Å². The van der Waals surface area contributed by atoms with Crippen LogP contribution in [0.25, 0.3) is 0 Å². The molecular weight excluding hydrogens is 276 g/mol. The van der Waals surface area contributed by atoms with Crippen LogP contribution in [0.4, 0.5) is 0 Å². The zero-order chi connectivity index (χ0) is 14.0. The summed E-state index contributed by atoms with van der Waals surface area (Å²) in [5.74, 6) is 0.646. The molecule has 0 saturated carbocycles. The van der Waals surface area contributed by atoms with Crippen LogP contribution in [0.15, 0.2) is 64.4 Å². The molecule has 104 valence electrons. The summed E-state index contributed by atoms with van der Waals surface area (Å²) < 4.78 is 35.2. The standard InChI is InChI=1S/C15H14O4S/c16-20(17,14-4-2-1-3-5-14)15-8-6-12(7-9-15)18-10-13-11-19-13/h1-9,13H,10-11H2. The maximum absolute atomic E-state index is 12.4. The van der Waals surface area contributed by atoms with Crippen LogP contribution in [0.2, 0.25) is 0 Å². The average Bonchev–Trinajstić information content (AvgIpc) is 3.31. The molecule has 20 heavy (non-hydrogen) atoms. The molecule has 2 aromatic carbocycles. The number of epoxide rings is 1. The highest BCUT2D eigenvalue weighted by atomic mass is 32.2. The van der Waals surface area contributed by atoms with Gasteiger partial charge >= 0.3 is 0 Å².